The number of ketones is 1. The molecule has 0 saturated heterocycles. The van der Waals surface area contributed by atoms with Crippen molar-refractivity contribution in [3.8, 4) is 45.6 Å². The van der Waals surface area contributed by atoms with E-state index in [1.54, 1.807) is 36.4 Å². The van der Waals surface area contributed by atoms with Gasteiger partial charge in [0.1, 0.15) is 11.2 Å². The molecule has 0 spiro atoms. The molecule has 10 nitrogen and oxygen atoms in total. The van der Waals surface area contributed by atoms with Crippen LogP contribution in [0.4, 0.5) is 0 Å². The van der Waals surface area contributed by atoms with Crippen molar-refractivity contribution in [1.82, 2.24) is 30.4 Å². The van der Waals surface area contributed by atoms with Crippen molar-refractivity contribution in [3.05, 3.63) is 120 Å². The summed E-state index contributed by atoms with van der Waals surface area (Å²) in [7, 11) is 0. The minimum absolute atomic E-state index is 0.115. The molecule has 0 radical (unpaired) electrons. The highest BCUT2D eigenvalue weighted by atomic mass is 16.6. The van der Waals surface area contributed by atoms with Crippen molar-refractivity contribution in [1.29, 1.82) is 0 Å². The van der Waals surface area contributed by atoms with E-state index in [0.717, 1.165) is 16.7 Å². The number of rotatable bonds is 15. The molecule has 6 rings (SSSR count). The first-order chi connectivity index (χ1) is 25.2. The fraction of sp³-hybridized carbons (Fsp3) is 0.286. The zero-order chi connectivity index (χ0) is 36.7. The van der Waals surface area contributed by atoms with Gasteiger partial charge in [0.05, 0.1) is 11.7 Å². The number of ether oxygens (including phenoxy) is 2. The lowest BCUT2D eigenvalue weighted by Gasteiger charge is -2.37. The molecule has 2 aromatic heterocycles. The maximum absolute atomic E-state index is 14.2. The Labute approximate surface area is 304 Å². The fourth-order valence-electron chi connectivity index (χ4n) is 6.35. The van der Waals surface area contributed by atoms with Crippen LogP contribution in [0.5, 0.6) is 0 Å². The highest BCUT2D eigenvalue weighted by molar-refractivity contribution is 6.03. The second-order valence-corrected chi connectivity index (χ2v) is 13.1. The SMILES string of the molecule is CCC(C)(CC(C)OC(CC)(CC)C(=O)c1cccc(-c2n[nH]c(-c3ccccc3)n2)c1)OC(=O)c1cccc(-c2n[nH]c(-c3cc#ccc3)n2)c1. The van der Waals surface area contributed by atoms with Crippen LogP contribution in [0.3, 0.4) is 0 Å². The Kier molecular flexibility index (Phi) is 10.7. The lowest BCUT2D eigenvalue weighted by Crippen LogP contribution is -2.45. The summed E-state index contributed by atoms with van der Waals surface area (Å²) in [6.45, 7) is 9.71. The predicted molar refractivity (Wildman–Crippen MR) is 199 cm³/mol. The number of H-pyrrole nitrogens is 2. The summed E-state index contributed by atoms with van der Waals surface area (Å²) in [6.07, 6.45) is 1.46. The van der Waals surface area contributed by atoms with Gasteiger partial charge in [-0.25, -0.2) is 14.8 Å². The molecule has 0 bridgehead atoms. The van der Waals surface area contributed by atoms with Crippen LogP contribution in [-0.2, 0) is 9.47 Å². The summed E-state index contributed by atoms with van der Waals surface area (Å²) in [5, 5.41) is 14.7. The van der Waals surface area contributed by atoms with E-state index in [0.29, 0.717) is 65.7 Å². The van der Waals surface area contributed by atoms with E-state index in [2.05, 4.69) is 42.5 Å². The largest absolute Gasteiger partial charge is 0.456 e. The van der Waals surface area contributed by atoms with Crippen molar-refractivity contribution >= 4 is 11.8 Å². The van der Waals surface area contributed by atoms with E-state index in [1.165, 1.54) is 0 Å². The average molecular weight is 695 g/mol. The second-order valence-electron chi connectivity index (χ2n) is 13.1. The monoisotopic (exact) mass is 694 g/mol. The molecule has 0 saturated carbocycles. The highest BCUT2D eigenvalue weighted by Crippen LogP contribution is 2.33. The Hall–Kier alpha value is -5.92. The number of Topliss-reactive ketones (excluding diaryl/α,β-unsaturated/α-hetero) is 1. The van der Waals surface area contributed by atoms with E-state index < -0.39 is 23.3 Å². The van der Waals surface area contributed by atoms with Crippen molar-refractivity contribution < 1.29 is 19.1 Å². The van der Waals surface area contributed by atoms with E-state index in [4.69, 9.17) is 9.47 Å². The number of aromatic nitrogens is 6. The second kappa shape index (κ2) is 15.5. The van der Waals surface area contributed by atoms with Crippen molar-refractivity contribution in [2.45, 2.75) is 77.6 Å². The molecule has 0 aliphatic rings. The minimum Gasteiger partial charge on any atom is -0.456 e. The van der Waals surface area contributed by atoms with Crippen molar-refractivity contribution in [2.75, 3.05) is 0 Å². The Morgan fingerprint density at radius 2 is 1.33 bits per heavy atom. The first kappa shape index (κ1) is 35.9. The third kappa shape index (κ3) is 7.85. The zero-order valence-electron chi connectivity index (χ0n) is 30.1. The van der Waals surface area contributed by atoms with E-state index in [1.807, 2.05) is 95.3 Å². The molecule has 2 N–H and O–H groups in total. The van der Waals surface area contributed by atoms with Crippen molar-refractivity contribution in [2.24, 2.45) is 0 Å². The summed E-state index contributed by atoms with van der Waals surface area (Å²) >= 11 is 0. The van der Waals surface area contributed by atoms with Crippen LogP contribution >= 0.6 is 0 Å². The summed E-state index contributed by atoms with van der Waals surface area (Å²) in [6, 6.07) is 35.3. The Bertz CT molecular complexity index is 2120. The molecule has 4 aromatic carbocycles. The van der Waals surface area contributed by atoms with Gasteiger partial charge in [0.2, 0.25) is 0 Å². The van der Waals surface area contributed by atoms with E-state index in [-0.39, 0.29) is 5.78 Å². The molecule has 2 atom stereocenters. The summed E-state index contributed by atoms with van der Waals surface area (Å²) in [5.74, 6) is 1.63. The van der Waals surface area contributed by atoms with Gasteiger partial charge in [-0.3, -0.25) is 15.0 Å². The molecule has 2 heterocycles. The third-order valence-corrected chi connectivity index (χ3v) is 9.48. The van der Waals surface area contributed by atoms with Gasteiger partial charge in [-0.1, -0.05) is 93.6 Å². The van der Waals surface area contributed by atoms with Crippen LogP contribution in [0.2, 0.25) is 0 Å². The van der Waals surface area contributed by atoms with Gasteiger partial charge in [0, 0.05) is 34.2 Å². The summed E-state index contributed by atoms with van der Waals surface area (Å²) < 4.78 is 12.8. The fourth-order valence-corrected chi connectivity index (χ4v) is 6.35. The molecule has 52 heavy (non-hydrogen) atoms. The lowest BCUT2D eigenvalue weighted by atomic mass is 9.86. The molecule has 0 aliphatic heterocycles. The average Bonchev–Trinajstić information content (AvgIpc) is 3.89. The minimum atomic E-state index is -1.08. The maximum atomic E-state index is 14.2. The van der Waals surface area contributed by atoms with Crippen molar-refractivity contribution in [3.63, 3.8) is 0 Å². The number of nitrogens with one attached hydrogen (secondary N) is 2. The number of benzene rings is 3. The highest BCUT2D eigenvalue weighted by Gasteiger charge is 2.40. The molecule has 0 fully saturated rings. The number of carbonyl (C=O) groups is 2. The first-order valence-corrected chi connectivity index (χ1v) is 17.6. The maximum Gasteiger partial charge on any atom is 0.338 e. The van der Waals surface area contributed by atoms with Gasteiger partial charge in [0.15, 0.2) is 29.1 Å². The summed E-state index contributed by atoms with van der Waals surface area (Å²) in [4.78, 5) is 37.0. The van der Waals surface area contributed by atoms with Crippen LogP contribution < -0.4 is 0 Å². The number of nitrogens with zero attached hydrogens (tertiary/aromatic N) is 4. The molecule has 0 aliphatic carbocycles. The molecular formula is C42H42N6O4. The van der Waals surface area contributed by atoms with Gasteiger partial charge >= 0.3 is 5.97 Å². The Morgan fingerprint density at radius 1 is 0.731 bits per heavy atom. The molecule has 2 unspecified atom stereocenters. The normalized spacial score (nSPS) is 13.2. The van der Waals surface area contributed by atoms with E-state index in [9.17, 15) is 9.59 Å². The van der Waals surface area contributed by atoms with Crippen LogP contribution in [-0.4, -0.2) is 59.4 Å². The van der Waals surface area contributed by atoms with Crippen LogP contribution in [0, 0.1) is 12.1 Å². The molecule has 0 amide bonds. The Balaban J connectivity index is 1.14. The number of carbonyl (C=O) groups excluding carboxylic acids is 2. The van der Waals surface area contributed by atoms with Crippen LogP contribution in [0.1, 0.15) is 81.0 Å². The van der Waals surface area contributed by atoms with Crippen LogP contribution in [0.15, 0.2) is 97.1 Å². The Morgan fingerprint density at radius 3 is 1.92 bits per heavy atom. The number of hydrogen-bond donors (Lipinski definition) is 2. The molecule has 6 aromatic rings. The summed E-state index contributed by atoms with van der Waals surface area (Å²) in [5.41, 5.74) is 2.12. The first-order valence-electron chi connectivity index (χ1n) is 17.6. The quantitative estimate of drug-likeness (QED) is 0.0805. The number of esters is 1. The third-order valence-electron chi connectivity index (χ3n) is 9.48. The van der Waals surface area contributed by atoms with Gasteiger partial charge < -0.3 is 9.47 Å². The number of aromatic amines is 2. The van der Waals surface area contributed by atoms with Gasteiger partial charge in [-0.15, -0.1) is 0 Å². The van der Waals surface area contributed by atoms with Gasteiger partial charge in [0.25, 0.3) is 0 Å². The lowest BCUT2D eigenvalue weighted by molar-refractivity contribution is -0.0999. The topological polar surface area (TPSA) is 136 Å². The molecular weight excluding hydrogens is 652 g/mol. The zero-order valence-corrected chi connectivity index (χ0v) is 30.1. The molecule has 10 heteroatoms. The number of hydrogen-bond acceptors (Lipinski definition) is 8. The van der Waals surface area contributed by atoms with Crippen LogP contribution in [0.25, 0.3) is 45.6 Å². The smallest absolute Gasteiger partial charge is 0.338 e. The standard InChI is InChI=1S/C42H42N6O4/c1-6-41(5,52-40(50)34-24-16-23-33(26-34)39-44-37(46-48-39)30-19-13-10-14-20-30)27-28(4)51-42(7-2,8-3)35(49)31-21-15-22-32(25-31)38-43-36(45-47-38)29-17-11-9-12-18-29/h9,11-13,15-26,28H,6-8,27H2,1-5H3,(H,43,45,47)(H,44,46,48). The van der Waals surface area contributed by atoms with Gasteiger partial charge in [-0.2, -0.15) is 10.2 Å². The van der Waals surface area contributed by atoms with E-state index >= 15 is 0 Å². The van der Waals surface area contributed by atoms with Gasteiger partial charge in [-0.05, 0) is 69.5 Å². The molecule has 264 valence electrons. The predicted octanol–water partition coefficient (Wildman–Crippen LogP) is 8.75.